The zero-order valence-electron chi connectivity index (χ0n) is 12.5. The summed E-state index contributed by atoms with van der Waals surface area (Å²) < 4.78 is 1.03. The summed E-state index contributed by atoms with van der Waals surface area (Å²) in [5, 5.41) is 15.4. The van der Waals surface area contributed by atoms with E-state index in [-0.39, 0.29) is 12.5 Å². The first kappa shape index (κ1) is 14.5. The van der Waals surface area contributed by atoms with E-state index in [1.807, 2.05) is 54.6 Å². The number of aromatic nitrogens is 5. The van der Waals surface area contributed by atoms with Gasteiger partial charge in [0.25, 0.3) is 0 Å². The molecule has 0 bridgehead atoms. The molecule has 8 heteroatoms. The summed E-state index contributed by atoms with van der Waals surface area (Å²) in [6.45, 7) is -0.0181. The number of thiazole rings is 1. The Hall–Kier alpha value is -3.13. The first-order valence-corrected chi connectivity index (χ1v) is 8.08. The van der Waals surface area contributed by atoms with Crippen molar-refractivity contribution in [2.75, 3.05) is 5.32 Å². The summed E-state index contributed by atoms with van der Waals surface area (Å²) >= 11 is 1.43. The van der Waals surface area contributed by atoms with Crippen molar-refractivity contribution in [3.63, 3.8) is 0 Å². The van der Waals surface area contributed by atoms with Gasteiger partial charge in [0.2, 0.25) is 11.7 Å². The van der Waals surface area contributed by atoms with Gasteiger partial charge in [-0.15, -0.1) is 10.2 Å². The molecule has 0 saturated heterocycles. The molecule has 0 aliphatic heterocycles. The first-order chi connectivity index (χ1) is 11.8. The minimum Gasteiger partial charge on any atom is -0.300 e. The predicted octanol–water partition coefficient (Wildman–Crippen LogP) is 2.59. The van der Waals surface area contributed by atoms with Crippen molar-refractivity contribution in [2.45, 2.75) is 6.54 Å². The third-order valence-corrected chi connectivity index (χ3v) is 4.26. The Bertz CT molecular complexity index is 961. The summed E-state index contributed by atoms with van der Waals surface area (Å²) in [5.74, 6) is 0.245. The molecule has 2 aromatic heterocycles. The first-order valence-electron chi connectivity index (χ1n) is 7.26. The van der Waals surface area contributed by atoms with E-state index >= 15 is 0 Å². The average Bonchev–Trinajstić information content (AvgIpc) is 3.21. The Balaban J connectivity index is 1.45. The highest BCUT2D eigenvalue weighted by Crippen LogP contribution is 2.25. The summed E-state index contributed by atoms with van der Waals surface area (Å²) in [7, 11) is 0. The third-order valence-electron chi connectivity index (χ3n) is 3.31. The van der Waals surface area contributed by atoms with E-state index in [0.29, 0.717) is 11.0 Å². The number of nitrogens with zero attached hydrogens (tertiary/aromatic N) is 5. The van der Waals surface area contributed by atoms with Gasteiger partial charge in [-0.2, -0.15) is 4.80 Å². The minimum absolute atomic E-state index is 0.0181. The van der Waals surface area contributed by atoms with Gasteiger partial charge in [-0.05, 0) is 17.3 Å². The molecule has 1 N–H and O–H groups in total. The van der Waals surface area contributed by atoms with E-state index in [4.69, 9.17) is 0 Å². The maximum absolute atomic E-state index is 12.1. The number of anilines is 1. The number of hydrogen-bond donors (Lipinski definition) is 1. The van der Waals surface area contributed by atoms with Crippen LogP contribution in [0, 0.1) is 0 Å². The van der Waals surface area contributed by atoms with Crippen molar-refractivity contribution in [1.82, 2.24) is 25.2 Å². The third kappa shape index (κ3) is 2.99. The lowest BCUT2D eigenvalue weighted by Gasteiger charge is -1.99. The number of rotatable bonds is 4. The number of nitrogens with one attached hydrogen (secondary N) is 1. The number of carbonyl (C=O) groups is 1. The van der Waals surface area contributed by atoms with Crippen LogP contribution >= 0.6 is 11.3 Å². The fourth-order valence-electron chi connectivity index (χ4n) is 2.23. The lowest BCUT2D eigenvalue weighted by atomic mass is 10.2. The van der Waals surface area contributed by atoms with Crippen molar-refractivity contribution < 1.29 is 4.79 Å². The van der Waals surface area contributed by atoms with Crippen molar-refractivity contribution in [2.24, 2.45) is 0 Å². The minimum atomic E-state index is -0.244. The summed E-state index contributed by atoms with van der Waals surface area (Å²) in [4.78, 5) is 17.8. The molecule has 0 aliphatic rings. The Morgan fingerprint density at radius 2 is 1.88 bits per heavy atom. The van der Waals surface area contributed by atoms with Crippen molar-refractivity contribution in [3.05, 3.63) is 54.6 Å². The van der Waals surface area contributed by atoms with Gasteiger partial charge in [0, 0.05) is 5.56 Å². The van der Waals surface area contributed by atoms with E-state index in [1.165, 1.54) is 16.1 Å². The second kappa shape index (κ2) is 6.17. The zero-order valence-corrected chi connectivity index (χ0v) is 13.3. The van der Waals surface area contributed by atoms with Gasteiger partial charge in [0.05, 0.1) is 10.2 Å². The Kier molecular flexibility index (Phi) is 3.72. The van der Waals surface area contributed by atoms with Crippen LogP contribution in [-0.2, 0) is 11.3 Å². The smallest absolute Gasteiger partial charge is 0.249 e. The van der Waals surface area contributed by atoms with Gasteiger partial charge < -0.3 is 5.32 Å². The largest absolute Gasteiger partial charge is 0.300 e. The molecule has 0 unspecified atom stereocenters. The summed E-state index contributed by atoms with van der Waals surface area (Å²) in [5.41, 5.74) is 1.72. The quantitative estimate of drug-likeness (QED) is 0.619. The number of carbonyl (C=O) groups excluding carboxylic acids is 1. The lowest BCUT2D eigenvalue weighted by Crippen LogP contribution is -2.20. The Labute approximate surface area is 141 Å². The van der Waals surface area contributed by atoms with Gasteiger partial charge in [-0.3, -0.25) is 4.79 Å². The highest BCUT2D eigenvalue weighted by molar-refractivity contribution is 7.22. The standard InChI is InChI=1S/C16H12N6OS/c23-14(18-16-17-12-8-4-5-9-13(12)24-16)10-22-20-15(19-21-22)11-6-2-1-3-7-11/h1-9H,10H2,(H,17,18,23). The Morgan fingerprint density at radius 1 is 1.08 bits per heavy atom. The second-order valence-corrected chi connectivity index (χ2v) is 6.08. The molecule has 0 spiro atoms. The fourth-order valence-corrected chi connectivity index (χ4v) is 3.11. The van der Waals surface area contributed by atoms with E-state index in [1.54, 1.807) is 0 Å². The van der Waals surface area contributed by atoms with Crippen LogP contribution in [-0.4, -0.2) is 31.1 Å². The summed E-state index contributed by atoms with van der Waals surface area (Å²) in [6, 6.07) is 17.2. The zero-order chi connectivity index (χ0) is 16.4. The monoisotopic (exact) mass is 336 g/mol. The highest BCUT2D eigenvalue weighted by atomic mass is 32.1. The van der Waals surface area contributed by atoms with Crippen LogP contribution in [0.2, 0.25) is 0 Å². The molecule has 7 nitrogen and oxygen atoms in total. The second-order valence-electron chi connectivity index (χ2n) is 5.04. The predicted molar refractivity (Wildman–Crippen MR) is 91.5 cm³/mol. The molecular weight excluding hydrogens is 324 g/mol. The molecular formula is C16H12N6OS. The molecule has 0 fully saturated rings. The van der Waals surface area contributed by atoms with Gasteiger partial charge in [-0.25, -0.2) is 4.98 Å². The van der Waals surface area contributed by atoms with Crippen LogP contribution in [0.1, 0.15) is 0 Å². The van der Waals surface area contributed by atoms with E-state index in [9.17, 15) is 4.79 Å². The number of tetrazole rings is 1. The van der Waals surface area contributed by atoms with Gasteiger partial charge >= 0.3 is 0 Å². The molecule has 4 rings (SSSR count). The molecule has 118 valence electrons. The summed E-state index contributed by atoms with van der Waals surface area (Å²) in [6.07, 6.45) is 0. The van der Waals surface area contributed by atoms with Crippen LogP contribution in [0.25, 0.3) is 21.6 Å². The molecule has 2 heterocycles. The number of fused-ring (bicyclic) bond motifs is 1. The van der Waals surface area contributed by atoms with Crippen molar-refractivity contribution in [3.8, 4) is 11.4 Å². The van der Waals surface area contributed by atoms with E-state index in [0.717, 1.165) is 15.8 Å². The molecule has 0 radical (unpaired) electrons. The molecule has 0 atom stereocenters. The SMILES string of the molecule is O=C(Cn1nnc(-c2ccccc2)n1)Nc1nc2ccccc2s1. The van der Waals surface area contributed by atoms with Crippen molar-refractivity contribution in [1.29, 1.82) is 0 Å². The molecule has 1 amide bonds. The van der Waals surface area contributed by atoms with Crippen LogP contribution in [0.5, 0.6) is 0 Å². The lowest BCUT2D eigenvalue weighted by molar-refractivity contribution is -0.117. The Morgan fingerprint density at radius 3 is 2.71 bits per heavy atom. The maximum Gasteiger partial charge on any atom is 0.249 e. The van der Waals surface area contributed by atoms with Gasteiger partial charge in [-0.1, -0.05) is 53.8 Å². The molecule has 24 heavy (non-hydrogen) atoms. The molecule has 0 aliphatic carbocycles. The van der Waals surface area contributed by atoms with Crippen LogP contribution < -0.4 is 5.32 Å². The number of hydrogen-bond acceptors (Lipinski definition) is 6. The van der Waals surface area contributed by atoms with E-state index < -0.39 is 0 Å². The number of para-hydroxylation sites is 1. The molecule has 2 aromatic carbocycles. The number of benzene rings is 2. The fraction of sp³-hybridized carbons (Fsp3) is 0.0625. The van der Waals surface area contributed by atoms with Crippen molar-refractivity contribution >= 4 is 32.6 Å². The van der Waals surface area contributed by atoms with Gasteiger partial charge in [0.15, 0.2) is 5.13 Å². The topological polar surface area (TPSA) is 85.6 Å². The van der Waals surface area contributed by atoms with Crippen LogP contribution in [0.15, 0.2) is 54.6 Å². The maximum atomic E-state index is 12.1. The molecule has 0 saturated carbocycles. The average molecular weight is 336 g/mol. The van der Waals surface area contributed by atoms with Gasteiger partial charge in [0.1, 0.15) is 6.54 Å². The molecule has 4 aromatic rings. The highest BCUT2D eigenvalue weighted by Gasteiger charge is 2.11. The number of amides is 1. The van der Waals surface area contributed by atoms with E-state index in [2.05, 4.69) is 25.7 Å². The van der Waals surface area contributed by atoms with Crippen LogP contribution in [0.4, 0.5) is 5.13 Å². The normalized spacial score (nSPS) is 10.8. The van der Waals surface area contributed by atoms with Crippen LogP contribution in [0.3, 0.4) is 0 Å².